The maximum absolute atomic E-state index is 10.2. The SMILES string of the molecule is COc1cc(CNc2cncc(C#CCO)n2)cc2sc(NC3CCCC[C@H]3O)nc12. The summed E-state index contributed by atoms with van der Waals surface area (Å²) in [5, 5.41) is 26.5. The van der Waals surface area contributed by atoms with Crippen LogP contribution < -0.4 is 15.4 Å². The van der Waals surface area contributed by atoms with Crippen molar-refractivity contribution < 1.29 is 14.9 Å². The summed E-state index contributed by atoms with van der Waals surface area (Å²) < 4.78 is 6.59. The van der Waals surface area contributed by atoms with Crippen LogP contribution in [0.5, 0.6) is 5.75 Å². The highest BCUT2D eigenvalue weighted by Crippen LogP contribution is 2.35. The monoisotopic (exact) mass is 439 g/mol. The highest BCUT2D eigenvalue weighted by Gasteiger charge is 2.24. The van der Waals surface area contributed by atoms with Crippen LogP contribution in [0.25, 0.3) is 10.2 Å². The van der Waals surface area contributed by atoms with E-state index in [1.807, 2.05) is 6.07 Å². The summed E-state index contributed by atoms with van der Waals surface area (Å²) in [6, 6.07) is 4.08. The number of nitrogens with zero attached hydrogens (tertiary/aromatic N) is 3. The molecule has 1 aromatic carbocycles. The lowest BCUT2D eigenvalue weighted by Crippen LogP contribution is -2.36. The molecule has 1 aliphatic carbocycles. The summed E-state index contributed by atoms with van der Waals surface area (Å²) in [5.41, 5.74) is 2.33. The molecule has 4 rings (SSSR count). The first kappa shape index (κ1) is 21.3. The van der Waals surface area contributed by atoms with Crippen LogP contribution in [0.4, 0.5) is 10.9 Å². The molecule has 0 spiro atoms. The Morgan fingerprint density at radius 2 is 2.10 bits per heavy atom. The van der Waals surface area contributed by atoms with Crippen molar-refractivity contribution in [3.8, 4) is 17.6 Å². The molecule has 31 heavy (non-hydrogen) atoms. The minimum absolute atomic E-state index is 0.0428. The van der Waals surface area contributed by atoms with Crippen LogP contribution >= 0.6 is 11.3 Å². The molecule has 4 N–H and O–H groups in total. The number of rotatable bonds is 6. The van der Waals surface area contributed by atoms with Crippen molar-refractivity contribution >= 4 is 32.5 Å². The van der Waals surface area contributed by atoms with E-state index < -0.39 is 0 Å². The molecule has 0 bridgehead atoms. The number of nitrogens with one attached hydrogen (secondary N) is 2. The zero-order valence-electron chi connectivity index (χ0n) is 17.3. The Labute approximate surface area is 184 Å². The van der Waals surface area contributed by atoms with Gasteiger partial charge in [0.25, 0.3) is 0 Å². The predicted octanol–water partition coefficient (Wildman–Crippen LogP) is 2.77. The molecule has 0 amide bonds. The van der Waals surface area contributed by atoms with Gasteiger partial charge in [-0.1, -0.05) is 30.1 Å². The van der Waals surface area contributed by atoms with Gasteiger partial charge in [-0.05, 0) is 36.5 Å². The average Bonchev–Trinajstić information content (AvgIpc) is 3.20. The van der Waals surface area contributed by atoms with E-state index in [4.69, 9.17) is 14.8 Å². The maximum atomic E-state index is 10.2. The smallest absolute Gasteiger partial charge is 0.184 e. The zero-order valence-corrected chi connectivity index (χ0v) is 18.1. The lowest BCUT2D eigenvalue weighted by Gasteiger charge is -2.27. The van der Waals surface area contributed by atoms with Gasteiger partial charge in [0.2, 0.25) is 0 Å². The van der Waals surface area contributed by atoms with Crippen LogP contribution in [0, 0.1) is 11.8 Å². The number of ether oxygens (including phenoxy) is 1. The number of aromatic nitrogens is 3. The van der Waals surface area contributed by atoms with Gasteiger partial charge in [0.15, 0.2) is 5.13 Å². The fourth-order valence-electron chi connectivity index (χ4n) is 3.64. The third-order valence-electron chi connectivity index (χ3n) is 5.18. The summed E-state index contributed by atoms with van der Waals surface area (Å²) >= 11 is 1.56. The van der Waals surface area contributed by atoms with Crippen LogP contribution in [0.1, 0.15) is 36.9 Å². The Bertz CT molecular complexity index is 1110. The zero-order chi connectivity index (χ0) is 21.6. The van der Waals surface area contributed by atoms with Crippen molar-refractivity contribution in [3.05, 3.63) is 35.8 Å². The first-order valence-electron chi connectivity index (χ1n) is 10.2. The number of hydrogen-bond acceptors (Lipinski definition) is 9. The third kappa shape index (κ3) is 5.22. The van der Waals surface area contributed by atoms with E-state index in [9.17, 15) is 5.11 Å². The lowest BCUT2D eigenvalue weighted by atomic mass is 9.93. The van der Waals surface area contributed by atoms with E-state index in [1.54, 1.807) is 30.8 Å². The van der Waals surface area contributed by atoms with Crippen LogP contribution in [-0.2, 0) is 6.54 Å². The molecule has 1 saturated carbocycles. The number of methoxy groups -OCH3 is 1. The van der Waals surface area contributed by atoms with Crippen molar-refractivity contribution in [2.45, 2.75) is 44.4 Å². The number of aliphatic hydroxyl groups is 2. The highest BCUT2D eigenvalue weighted by molar-refractivity contribution is 7.22. The molecule has 9 heteroatoms. The first-order valence-corrected chi connectivity index (χ1v) is 11.1. The standard InChI is InChI=1S/C22H25N5O3S/c1-30-18-9-14(11-24-20-13-23-12-15(25-20)5-4-8-28)10-19-21(18)27-22(31-19)26-16-6-2-3-7-17(16)29/h9-10,12-13,16-17,28-29H,2-3,6-8,11H2,1H3,(H,24,25)(H,26,27)/t16?,17-/m1/s1. The minimum Gasteiger partial charge on any atom is -0.494 e. The van der Waals surface area contributed by atoms with Gasteiger partial charge in [-0.25, -0.2) is 9.97 Å². The van der Waals surface area contributed by atoms with Gasteiger partial charge in [-0.2, -0.15) is 0 Å². The molecule has 1 fully saturated rings. The number of benzene rings is 1. The quantitative estimate of drug-likeness (QED) is 0.434. The van der Waals surface area contributed by atoms with Gasteiger partial charge in [0.05, 0.1) is 36.3 Å². The van der Waals surface area contributed by atoms with Crippen LogP contribution in [0.3, 0.4) is 0 Å². The number of hydrogen-bond donors (Lipinski definition) is 4. The molecule has 8 nitrogen and oxygen atoms in total. The fraction of sp³-hybridized carbons (Fsp3) is 0.409. The van der Waals surface area contributed by atoms with Crippen LogP contribution in [0.15, 0.2) is 24.5 Å². The van der Waals surface area contributed by atoms with Crippen molar-refractivity contribution in [2.24, 2.45) is 0 Å². The Morgan fingerprint density at radius 3 is 2.90 bits per heavy atom. The number of anilines is 2. The second-order valence-corrected chi connectivity index (χ2v) is 8.40. The van der Waals surface area contributed by atoms with Crippen molar-refractivity contribution in [1.29, 1.82) is 0 Å². The summed E-state index contributed by atoms with van der Waals surface area (Å²) in [7, 11) is 1.64. The third-order valence-corrected chi connectivity index (χ3v) is 6.12. The summed E-state index contributed by atoms with van der Waals surface area (Å²) in [5.74, 6) is 6.62. The van der Waals surface area contributed by atoms with E-state index in [2.05, 4.69) is 38.5 Å². The van der Waals surface area contributed by atoms with E-state index in [-0.39, 0.29) is 18.8 Å². The predicted molar refractivity (Wildman–Crippen MR) is 121 cm³/mol. The molecule has 0 aliphatic heterocycles. The maximum Gasteiger partial charge on any atom is 0.184 e. The van der Waals surface area contributed by atoms with Gasteiger partial charge in [-0.15, -0.1) is 0 Å². The first-order chi connectivity index (χ1) is 15.2. The van der Waals surface area contributed by atoms with Gasteiger partial charge < -0.3 is 25.6 Å². The van der Waals surface area contributed by atoms with E-state index in [1.165, 1.54) is 0 Å². The second kappa shape index (κ2) is 9.92. The Hall–Kier alpha value is -2.93. The normalized spacial score (nSPS) is 18.3. The molecular formula is C22H25N5O3S. The van der Waals surface area contributed by atoms with Gasteiger partial charge in [0, 0.05) is 6.54 Å². The largest absolute Gasteiger partial charge is 0.494 e. The number of thiazole rings is 1. The van der Waals surface area contributed by atoms with E-state index in [0.29, 0.717) is 23.8 Å². The topological polar surface area (TPSA) is 112 Å². The van der Waals surface area contributed by atoms with Crippen LogP contribution in [0.2, 0.25) is 0 Å². The van der Waals surface area contributed by atoms with Gasteiger partial charge in [0.1, 0.15) is 29.4 Å². The summed E-state index contributed by atoms with van der Waals surface area (Å²) in [6.07, 6.45) is 6.83. The van der Waals surface area contributed by atoms with E-state index in [0.717, 1.165) is 46.6 Å². The molecule has 3 aromatic rings. The molecule has 2 heterocycles. The molecule has 0 saturated heterocycles. The van der Waals surface area contributed by atoms with Gasteiger partial charge >= 0.3 is 0 Å². The minimum atomic E-state index is -0.332. The summed E-state index contributed by atoms with van der Waals surface area (Å²) in [4.78, 5) is 13.2. The number of aliphatic hydroxyl groups excluding tert-OH is 2. The molecule has 1 unspecified atom stereocenters. The molecule has 1 aliphatic rings. The van der Waals surface area contributed by atoms with E-state index >= 15 is 0 Å². The fourth-order valence-corrected chi connectivity index (χ4v) is 4.65. The van der Waals surface area contributed by atoms with Gasteiger partial charge in [-0.3, -0.25) is 4.98 Å². The molecule has 0 radical (unpaired) electrons. The molecule has 2 aromatic heterocycles. The number of fused-ring (bicyclic) bond motifs is 1. The van der Waals surface area contributed by atoms with Crippen LogP contribution in [-0.4, -0.2) is 51.0 Å². The highest BCUT2D eigenvalue weighted by atomic mass is 32.1. The lowest BCUT2D eigenvalue weighted by molar-refractivity contribution is 0.116. The molecular weight excluding hydrogens is 414 g/mol. The Morgan fingerprint density at radius 1 is 1.23 bits per heavy atom. The second-order valence-electron chi connectivity index (χ2n) is 7.37. The molecule has 2 atom stereocenters. The summed E-state index contributed by atoms with van der Waals surface area (Å²) in [6.45, 7) is 0.310. The average molecular weight is 440 g/mol. The van der Waals surface area contributed by atoms with Crippen molar-refractivity contribution in [3.63, 3.8) is 0 Å². The Kier molecular flexibility index (Phi) is 6.82. The molecule has 162 valence electrons. The van der Waals surface area contributed by atoms with Crippen molar-refractivity contribution in [2.75, 3.05) is 24.4 Å². The Balaban J connectivity index is 1.51. The van der Waals surface area contributed by atoms with Crippen molar-refractivity contribution in [1.82, 2.24) is 15.0 Å².